The third kappa shape index (κ3) is 27.8. The van der Waals surface area contributed by atoms with Gasteiger partial charge in [-0.25, -0.2) is 0 Å². The minimum atomic E-state index is 0.830. The molecule has 6 nitrogen and oxygen atoms in total. The molecule has 0 aromatic heterocycles. The molecule has 0 aliphatic rings. The van der Waals surface area contributed by atoms with Crippen LogP contribution in [0.2, 0.25) is 0 Å². The summed E-state index contributed by atoms with van der Waals surface area (Å²) in [4.78, 5) is 0. The molecule has 0 heterocycles. The summed E-state index contributed by atoms with van der Waals surface area (Å²) >= 11 is 0. The van der Waals surface area contributed by atoms with Crippen LogP contribution in [0.15, 0.2) is 0 Å². The average molecular weight is 415 g/mol. The molecular weight excluding hydrogens is 360 g/mol. The Morgan fingerprint density at radius 3 is 0.724 bits per heavy atom. The molecule has 29 heavy (non-hydrogen) atoms. The standard InChI is InChI=1S/C23H54N6/c24-14-4-1-6-16-26-20-10-12-22-28-18-8-3-9-19-29-23-13-11-21-27-17-7-2-5-15-25/h26-29H,1-25H2. The minimum absolute atomic E-state index is 0.830. The van der Waals surface area contributed by atoms with Crippen molar-refractivity contribution in [3.8, 4) is 0 Å². The summed E-state index contributed by atoms with van der Waals surface area (Å²) < 4.78 is 0. The van der Waals surface area contributed by atoms with Gasteiger partial charge in [-0.2, -0.15) is 0 Å². The Morgan fingerprint density at radius 1 is 0.276 bits per heavy atom. The van der Waals surface area contributed by atoms with E-state index in [1.54, 1.807) is 0 Å². The summed E-state index contributed by atoms with van der Waals surface area (Å²) in [6.07, 6.45) is 16.4. The summed E-state index contributed by atoms with van der Waals surface area (Å²) in [5.41, 5.74) is 11.0. The van der Waals surface area contributed by atoms with Gasteiger partial charge in [-0.15, -0.1) is 0 Å². The van der Waals surface area contributed by atoms with E-state index < -0.39 is 0 Å². The Balaban J connectivity index is 2.97. The van der Waals surface area contributed by atoms with Crippen molar-refractivity contribution in [2.45, 2.75) is 83.5 Å². The summed E-state index contributed by atoms with van der Waals surface area (Å²) in [5, 5.41) is 14.2. The highest BCUT2D eigenvalue weighted by atomic mass is 14.9. The van der Waals surface area contributed by atoms with Gasteiger partial charge in [0.2, 0.25) is 0 Å². The fraction of sp³-hybridized carbons (Fsp3) is 1.00. The number of rotatable bonds is 26. The van der Waals surface area contributed by atoms with Crippen LogP contribution in [0.25, 0.3) is 0 Å². The first-order chi connectivity index (χ1) is 14.4. The molecule has 0 aliphatic heterocycles. The monoisotopic (exact) mass is 414 g/mol. The van der Waals surface area contributed by atoms with Gasteiger partial charge in [0.05, 0.1) is 0 Å². The van der Waals surface area contributed by atoms with E-state index in [0.717, 1.165) is 65.2 Å². The molecule has 0 saturated carbocycles. The first kappa shape index (κ1) is 28.8. The van der Waals surface area contributed by atoms with Crippen LogP contribution in [0.4, 0.5) is 0 Å². The summed E-state index contributed by atoms with van der Waals surface area (Å²) in [7, 11) is 0. The predicted molar refractivity (Wildman–Crippen MR) is 130 cm³/mol. The summed E-state index contributed by atoms with van der Waals surface area (Å²) in [5.74, 6) is 0. The quantitative estimate of drug-likeness (QED) is 0.122. The molecule has 8 N–H and O–H groups in total. The number of hydrogen-bond acceptors (Lipinski definition) is 6. The smallest absolute Gasteiger partial charge is 0.00484 e. The predicted octanol–water partition coefficient (Wildman–Crippen LogP) is 2.33. The van der Waals surface area contributed by atoms with Gasteiger partial charge < -0.3 is 32.7 Å². The van der Waals surface area contributed by atoms with Crippen molar-refractivity contribution in [3.05, 3.63) is 0 Å². The second-order valence-electron chi connectivity index (χ2n) is 8.17. The third-order valence-electron chi connectivity index (χ3n) is 5.24. The minimum Gasteiger partial charge on any atom is -0.330 e. The van der Waals surface area contributed by atoms with Crippen molar-refractivity contribution in [1.82, 2.24) is 21.3 Å². The molecule has 0 bridgehead atoms. The highest BCUT2D eigenvalue weighted by Crippen LogP contribution is 1.95. The molecule has 0 rings (SSSR count). The molecule has 0 atom stereocenters. The van der Waals surface area contributed by atoms with E-state index in [-0.39, 0.29) is 0 Å². The zero-order chi connectivity index (χ0) is 21.1. The van der Waals surface area contributed by atoms with Crippen LogP contribution >= 0.6 is 0 Å². The number of unbranched alkanes of at least 4 members (excludes halogenated alkanes) is 8. The Kier molecular flexibility index (Phi) is 27.5. The lowest BCUT2D eigenvalue weighted by atomic mass is 10.2. The number of hydrogen-bond donors (Lipinski definition) is 6. The largest absolute Gasteiger partial charge is 0.330 e. The SMILES string of the molecule is NCCCCCNCCCCNCCCCCNCCCCNCCCCCN. The molecule has 0 aromatic rings. The molecule has 0 aromatic carbocycles. The molecule has 6 heteroatoms. The maximum Gasteiger partial charge on any atom is -0.00484 e. The third-order valence-corrected chi connectivity index (χ3v) is 5.24. The highest BCUT2D eigenvalue weighted by Gasteiger charge is 1.94. The van der Waals surface area contributed by atoms with Crippen LogP contribution in [-0.4, -0.2) is 65.4 Å². The van der Waals surface area contributed by atoms with Crippen molar-refractivity contribution >= 4 is 0 Å². The Labute approximate surface area is 182 Å². The molecule has 0 spiro atoms. The second-order valence-corrected chi connectivity index (χ2v) is 8.17. The molecule has 0 aliphatic carbocycles. The maximum absolute atomic E-state index is 5.49. The van der Waals surface area contributed by atoms with E-state index in [2.05, 4.69) is 21.3 Å². The van der Waals surface area contributed by atoms with Crippen LogP contribution in [0.3, 0.4) is 0 Å². The fourth-order valence-corrected chi connectivity index (χ4v) is 3.32. The van der Waals surface area contributed by atoms with E-state index in [9.17, 15) is 0 Å². The number of nitrogens with two attached hydrogens (primary N) is 2. The molecule has 0 saturated heterocycles. The highest BCUT2D eigenvalue weighted by molar-refractivity contribution is 4.56. The van der Waals surface area contributed by atoms with Crippen LogP contribution < -0.4 is 32.7 Å². The summed E-state index contributed by atoms with van der Waals surface area (Å²) in [6.45, 7) is 10.9. The topological polar surface area (TPSA) is 100 Å². The van der Waals surface area contributed by atoms with Gasteiger partial charge in [0.15, 0.2) is 0 Å². The van der Waals surface area contributed by atoms with Crippen LogP contribution in [0, 0.1) is 0 Å². The van der Waals surface area contributed by atoms with Gasteiger partial charge in [-0.1, -0.05) is 19.3 Å². The van der Waals surface area contributed by atoms with Crippen LogP contribution in [0.1, 0.15) is 83.5 Å². The van der Waals surface area contributed by atoms with Gasteiger partial charge in [-0.05, 0) is 130 Å². The van der Waals surface area contributed by atoms with Gasteiger partial charge in [-0.3, -0.25) is 0 Å². The molecule has 0 fully saturated rings. The Morgan fingerprint density at radius 2 is 0.483 bits per heavy atom. The van der Waals surface area contributed by atoms with E-state index in [1.165, 1.54) is 83.7 Å². The lowest BCUT2D eigenvalue weighted by molar-refractivity contribution is 0.533. The Hall–Kier alpha value is -0.240. The Bertz CT molecular complexity index is 252. The lowest BCUT2D eigenvalue weighted by Crippen LogP contribution is -2.21. The maximum atomic E-state index is 5.49. The van der Waals surface area contributed by atoms with Crippen LogP contribution in [-0.2, 0) is 0 Å². The van der Waals surface area contributed by atoms with E-state index >= 15 is 0 Å². The van der Waals surface area contributed by atoms with Crippen LogP contribution in [0.5, 0.6) is 0 Å². The normalized spacial score (nSPS) is 11.4. The number of nitrogens with one attached hydrogen (secondary N) is 4. The van der Waals surface area contributed by atoms with Crippen molar-refractivity contribution < 1.29 is 0 Å². The van der Waals surface area contributed by atoms with E-state index in [4.69, 9.17) is 11.5 Å². The van der Waals surface area contributed by atoms with Gasteiger partial charge in [0.25, 0.3) is 0 Å². The fourth-order valence-electron chi connectivity index (χ4n) is 3.32. The molecule has 0 radical (unpaired) electrons. The molecule has 0 unspecified atom stereocenters. The summed E-state index contributed by atoms with van der Waals surface area (Å²) in [6, 6.07) is 0. The first-order valence-corrected chi connectivity index (χ1v) is 12.6. The zero-order valence-electron chi connectivity index (χ0n) is 19.4. The van der Waals surface area contributed by atoms with Gasteiger partial charge in [0.1, 0.15) is 0 Å². The van der Waals surface area contributed by atoms with Gasteiger partial charge in [0, 0.05) is 0 Å². The zero-order valence-corrected chi connectivity index (χ0v) is 19.4. The van der Waals surface area contributed by atoms with E-state index in [0.29, 0.717) is 0 Å². The van der Waals surface area contributed by atoms with Crippen molar-refractivity contribution in [3.63, 3.8) is 0 Å². The molecule has 176 valence electrons. The average Bonchev–Trinajstić information content (AvgIpc) is 2.74. The lowest BCUT2D eigenvalue weighted by Gasteiger charge is -2.07. The van der Waals surface area contributed by atoms with Crippen molar-refractivity contribution in [2.75, 3.05) is 65.4 Å². The van der Waals surface area contributed by atoms with Crippen molar-refractivity contribution in [2.24, 2.45) is 11.5 Å². The van der Waals surface area contributed by atoms with Crippen molar-refractivity contribution in [1.29, 1.82) is 0 Å². The first-order valence-electron chi connectivity index (χ1n) is 12.6. The second kappa shape index (κ2) is 27.8. The molecule has 0 amide bonds. The van der Waals surface area contributed by atoms with E-state index in [1.807, 2.05) is 0 Å². The molecular formula is C23H54N6. The van der Waals surface area contributed by atoms with Gasteiger partial charge >= 0.3 is 0 Å².